The molecule has 0 unspecified atom stereocenters. The Kier molecular flexibility index (Phi) is 4.14. The van der Waals surface area contributed by atoms with Gasteiger partial charge in [-0.2, -0.15) is 0 Å². The van der Waals surface area contributed by atoms with Crippen molar-refractivity contribution in [3.05, 3.63) is 30.1 Å². The number of rotatable bonds is 2. The van der Waals surface area contributed by atoms with Crippen molar-refractivity contribution in [2.45, 2.75) is 56.6 Å². The van der Waals surface area contributed by atoms with Crippen molar-refractivity contribution in [2.75, 3.05) is 13.1 Å². The summed E-state index contributed by atoms with van der Waals surface area (Å²) in [6.07, 6.45) is 8.80. The molecule has 2 atom stereocenters. The molecule has 1 aromatic rings. The number of aliphatic hydroxyl groups excluding tert-OH is 1. The molecule has 3 nitrogen and oxygen atoms in total. The van der Waals surface area contributed by atoms with E-state index >= 15 is 0 Å². The zero-order chi connectivity index (χ0) is 13.1. The summed E-state index contributed by atoms with van der Waals surface area (Å²) in [5.41, 5.74) is 1.24. The monoisotopic (exact) mass is 260 g/mol. The highest BCUT2D eigenvalue weighted by molar-refractivity contribution is 5.10. The van der Waals surface area contributed by atoms with Gasteiger partial charge >= 0.3 is 0 Å². The molecular weight excluding hydrogens is 236 g/mol. The number of piperidine rings is 1. The molecule has 3 heteroatoms. The standard InChI is InChI=1S/C16H24N2O/c19-16-7-2-1-6-15(16)18-11-8-13(9-12-18)14-5-3-4-10-17-14/h3-5,10,13,15-16,19H,1-2,6-9,11-12H2/t15-,16+/m1/s1. The molecule has 0 aromatic carbocycles. The van der Waals surface area contributed by atoms with Crippen molar-refractivity contribution >= 4 is 0 Å². The van der Waals surface area contributed by atoms with Crippen molar-refractivity contribution in [3.8, 4) is 0 Å². The Bertz CT molecular complexity index is 387. The third-order valence-corrected chi connectivity index (χ3v) is 4.80. The number of hydrogen-bond acceptors (Lipinski definition) is 3. The highest BCUT2D eigenvalue weighted by atomic mass is 16.3. The predicted octanol–water partition coefficient (Wildman–Crippen LogP) is 2.56. The molecule has 1 aliphatic carbocycles. The quantitative estimate of drug-likeness (QED) is 0.888. The number of likely N-dealkylation sites (tertiary alicyclic amines) is 1. The Balaban J connectivity index is 1.57. The fourth-order valence-electron chi connectivity index (χ4n) is 3.66. The smallest absolute Gasteiger partial charge is 0.0695 e. The van der Waals surface area contributed by atoms with Gasteiger partial charge in [0.25, 0.3) is 0 Å². The molecule has 19 heavy (non-hydrogen) atoms. The van der Waals surface area contributed by atoms with Gasteiger partial charge < -0.3 is 5.11 Å². The molecule has 3 rings (SSSR count). The van der Waals surface area contributed by atoms with Crippen LogP contribution in [-0.4, -0.2) is 40.2 Å². The number of aromatic nitrogens is 1. The Morgan fingerprint density at radius 1 is 1.05 bits per heavy atom. The maximum Gasteiger partial charge on any atom is 0.0695 e. The van der Waals surface area contributed by atoms with E-state index < -0.39 is 0 Å². The van der Waals surface area contributed by atoms with Gasteiger partial charge in [0.1, 0.15) is 0 Å². The topological polar surface area (TPSA) is 36.4 Å². The summed E-state index contributed by atoms with van der Waals surface area (Å²) in [7, 11) is 0. The van der Waals surface area contributed by atoms with Gasteiger partial charge in [0.05, 0.1) is 6.10 Å². The van der Waals surface area contributed by atoms with Crippen molar-refractivity contribution in [3.63, 3.8) is 0 Å². The van der Waals surface area contributed by atoms with Crippen LogP contribution in [-0.2, 0) is 0 Å². The molecule has 1 saturated heterocycles. The van der Waals surface area contributed by atoms with Crippen LogP contribution in [0.5, 0.6) is 0 Å². The third kappa shape index (κ3) is 2.98. The average molecular weight is 260 g/mol. The van der Waals surface area contributed by atoms with E-state index in [9.17, 15) is 5.11 Å². The molecule has 1 aliphatic heterocycles. The van der Waals surface area contributed by atoms with Crippen molar-refractivity contribution in [1.29, 1.82) is 0 Å². The molecule has 0 bridgehead atoms. The summed E-state index contributed by atoms with van der Waals surface area (Å²) in [4.78, 5) is 7.00. The van der Waals surface area contributed by atoms with E-state index in [2.05, 4.69) is 22.0 Å². The van der Waals surface area contributed by atoms with Crippen LogP contribution in [0.15, 0.2) is 24.4 Å². The lowest BCUT2D eigenvalue weighted by Crippen LogP contribution is -2.48. The summed E-state index contributed by atoms with van der Waals surface area (Å²) < 4.78 is 0. The van der Waals surface area contributed by atoms with Gasteiger partial charge in [0.15, 0.2) is 0 Å². The minimum atomic E-state index is -0.0971. The molecule has 1 N–H and O–H groups in total. The average Bonchev–Trinajstić information content (AvgIpc) is 2.49. The van der Waals surface area contributed by atoms with Crippen LogP contribution in [0.3, 0.4) is 0 Å². The van der Waals surface area contributed by atoms with Crippen LogP contribution in [0.25, 0.3) is 0 Å². The Hall–Kier alpha value is -0.930. The van der Waals surface area contributed by atoms with Crippen LogP contribution in [0, 0.1) is 0 Å². The summed E-state index contributed by atoms with van der Waals surface area (Å²) >= 11 is 0. The predicted molar refractivity (Wildman–Crippen MR) is 76.0 cm³/mol. The van der Waals surface area contributed by atoms with E-state index in [1.54, 1.807) is 0 Å². The van der Waals surface area contributed by atoms with E-state index in [-0.39, 0.29) is 6.10 Å². The van der Waals surface area contributed by atoms with E-state index in [1.165, 1.54) is 37.8 Å². The SMILES string of the molecule is O[C@H]1CCCC[C@H]1N1CCC(c2ccccn2)CC1. The van der Waals surface area contributed by atoms with Crippen molar-refractivity contribution in [2.24, 2.45) is 0 Å². The second-order valence-electron chi connectivity index (χ2n) is 5.98. The van der Waals surface area contributed by atoms with Crippen LogP contribution in [0.2, 0.25) is 0 Å². The highest BCUT2D eigenvalue weighted by Crippen LogP contribution is 2.31. The molecule has 1 saturated carbocycles. The van der Waals surface area contributed by atoms with Gasteiger partial charge in [0, 0.05) is 23.9 Å². The molecular formula is C16H24N2O. The Morgan fingerprint density at radius 3 is 2.53 bits per heavy atom. The zero-order valence-corrected chi connectivity index (χ0v) is 11.5. The summed E-state index contributed by atoms with van der Waals surface area (Å²) in [5, 5.41) is 10.2. The van der Waals surface area contributed by atoms with Crippen LogP contribution in [0.1, 0.15) is 50.1 Å². The summed E-state index contributed by atoms with van der Waals surface area (Å²) in [6, 6.07) is 6.63. The Labute approximate surface area is 115 Å². The fraction of sp³-hybridized carbons (Fsp3) is 0.688. The van der Waals surface area contributed by atoms with Crippen molar-refractivity contribution in [1.82, 2.24) is 9.88 Å². The molecule has 0 radical (unpaired) electrons. The summed E-state index contributed by atoms with van der Waals surface area (Å²) in [5.74, 6) is 0.609. The molecule has 2 fully saturated rings. The largest absolute Gasteiger partial charge is 0.391 e. The van der Waals surface area contributed by atoms with Gasteiger partial charge in [-0.3, -0.25) is 9.88 Å². The van der Waals surface area contributed by atoms with Crippen molar-refractivity contribution < 1.29 is 5.11 Å². The number of hydrogen-bond donors (Lipinski definition) is 1. The second-order valence-corrected chi connectivity index (χ2v) is 5.98. The first kappa shape index (κ1) is 13.1. The highest BCUT2D eigenvalue weighted by Gasteiger charge is 2.31. The number of nitrogens with zero attached hydrogens (tertiary/aromatic N) is 2. The maximum absolute atomic E-state index is 10.2. The zero-order valence-electron chi connectivity index (χ0n) is 11.5. The van der Waals surface area contributed by atoms with Gasteiger partial charge in [-0.05, 0) is 50.9 Å². The van der Waals surface area contributed by atoms with Gasteiger partial charge in [-0.15, -0.1) is 0 Å². The van der Waals surface area contributed by atoms with E-state index in [4.69, 9.17) is 0 Å². The molecule has 0 amide bonds. The lowest BCUT2D eigenvalue weighted by Gasteiger charge is -2.41. The molecule has 0 spiro atoms. The van der Waals surface area contributed by atoms with E-state index in [0.29, 0.717) is 12.0 Å². The van der Waals surface area contributed by atoms with Gasteiger partial charge in [0.2, 0.25) is 0 Å². The normalized spacial score (nSPS) is 30.4. The fourth-order valence-corrected chi connectivity index (χ4v) is 3.66. The lowest BCUT2D eigenvalue weighted by atomic mass is 9.87. The van der Waals surface area contributed by atoms with Gasteiger partial charge in [-0.1, -0.05) is 18.9 Å². The van der Waals surface area contributed by atoms with E-state index in [0.717, 1.165) is 19.5 Å². The minimum Gasteiger partial charge on any atom is -0.391 e. The molecule has 2 aliphatic rings. The van der Waals surface area contributed by atoms with Crippen LogP contribution >= 0.6 is 0 Å². The first-order valence-corrected chi connectivity index (χ1v) is 7.67. The Morgan fingerprint density at radius 2 is 1.84 bits per heavy atom. The lowest BCUT2D eigenvalue weighted by molar-refractivity contribution is 0.00853. The molecule has 1 aromatic heterocycles. The number of pyridine rings is 1. The number of aliphatic hydroxyl groups is 1. The summed E-state index contributed by atoms with van der Waals surface area (Å²) in [6.45, 7) is 2.23. The first-order valence-electron chi connectivity index (χ1n) is 7.67. The van der Waals surface area contributed by atoms with Crippen LogP contribution < -0.4 is 0 Å². The maximum atomic E-state index is 10.2. The van der Waals surface area contributed by atoms with Gasteiger partial charge in [-0.25, -0.2) is 0 Å². The molecule has 2 heterocycles. The minimum absolute atomic E-state index is 0.0971. The molecule has 104 valence electrons. The van der Waals surface area contributed by atoms with Crippen LogP contribution in [0.4, 0.5) is 0 Å². The van der Waals surface area contributed by atoms with E-state index in [1.807, 2.05) is 12.3 Å². The first-order chi connectivity index (χ1) is 9.34. The second kappa shape index (κ2) is 6.02. The third-order valence-electron chi connectivity index (χ3n) is 4.80.